The zero-order chi connectivity index (χ0) is 13.8. The molecule has 19 heavy (non-hydrogen) atoms. The monoisotopic (exact) mass is 256 g/mol. The average Bonchev–Trinajstić information content (AvgIpc) is 2.91. The number of ketones is 1. The van der Waals surface area contributed by atoms with Crippen molar-refractivity contribution in [2.24, 2.45) is 0 Å². The van der Waals surface area contributed by atoms with Crippen molar-refractivity contribution in [2.45, 2.75) is 39.0 Å². The lowest BCUT2D eigenvalue weighted by molar-refractivity contribution is -0.115. The number of phenols is 1. The largest absolute Gasteiger partial charge is 0.508 e. The highest BCUT2D eigenvalue weighted by atomic mass is 16.3. The number of Topliss-reactive ketones (excluding diaryl/α,β-unsaturated/α-hetero) is 1. The Kier molecular flexibility index (Phi) is 4.20. The van der Waals surface area contributed by atoms with Crippen LogP contribution in [0.4, 0.5) is 0 Å². The van der Waals surface area contributed by atoms with Gasteiger partial charge in [0, 0.05) is 6.42 Å². The van der Waals surface area contributed by atoms with Crippen LogP contribution in [-0.2, 0) is 11.2 Å². The highest BCUT2D eigenvalue weighted by molar-refractivity contribution is 5.96. The van der Waals surface area contributed by atoms with Crippen molar-refractivity contribution in [3.8, 4) is 5.75 Å². The minimum absolute atomic E-state index is 0.226. The second kappa shape index (κ2) is 5.87. The summed E-state index contributed by atoms with van der Waals surface area (Å²) in [4.78, 5) is 11.9. The fraction of sp³-hybridized carbons (Fsp3) is 0.353. The Balaban J connectivity index is 2.00. The molecule has 0 radical (unpaired) electrons. The third kappa shape index (κ3) is 3.34. The number of phenolic OH excluding ortho intramolecular Hbond substituents is 1. The van der Waals surface area contributed by atoms with Crippen molar-refractivity contribution in [1.29, 1.82) is 0 Å². The number of allylic oxidation sites excluding steroid dienone is 4. The number of carbonyl (C=O) groups is 1. The third-order valence-electron chi connectivity index (χ3n) is 3.48. The molecular weight excluding hydrogens is 236 g/mol. The molecule has 0 bridgehead atoms. The molecule has 0 aromatic heterocycles. The van der Waals surface area contributed by atoms with E-state index in [1.54, 1.807) is 6.07 Å². The van der Waals surface area contributed by atoms with Crippen LogP contribution in [-0.4, -0.2) is 10.9 Å². The van der Waals surface area contributed by atoms with Crippen LogP contribution < -0.4 is 0 Å². The van der Waals surface area contributed by atoms with Gasteiger partial charge in [0.1, 0.15) is 5.75 Å². The van der Waals surface area contributed by atoms with Gasteiger partial charge in [-0.05, 0) is 41.5 Å². The summed E-state index contributed by atoms with van der Waals surface area (Å²) in [6, 6.07) is 5.63. The highest BCUT2D eigenvalue weighted by Crippen LogP contribution is 2.27. The predicted molar refractivity (Wildman–Crippen MR) is 77.4 cm³/mol. The molecule has 0 aliphatic heterocycles. The molecule has 0 unspecified atom stereocenters. The zero-order valence-electron chi connectivity index (χ0n) is 11.5. The van der Waals surface area contributed by atoms with Crippen LogP contribution in [0.15, 0.2) is 42.0 Å². The van der Waals surface area contributed by atoms with Gasteiger partial charge < -0.3 is 5.11 Å². The maximum Gasteiger partial charge on any atom is 0.159 e. The lowest BCUT2D eigenvalue weighted by Gasteiger charge is -2.10. The lowest BCUT2D eigenvalue weighted by atomic mass is 9.96. The minimum Gasteiger partial charge on any atom is -0.508 e. The molecule has 1 aromatic rings. The molecule has 0 spiro atoms. The first-order chi connectivity index (χ1) is 9.08. The van der Waals surface area contributed by atoms with Gasteiger partial charge in [-0.3, -0.25) is 4.79 Å². The smallest absolute Gasteiger partial charge is 0.159 e. The van der Waals surface area contributed by atoms with Crippen LogP contribution in [0.25, 0.3) is 0 Å². The molecule has 1 aliphatic carbocycles. The quantitative estimate of drug-likeness (QED) is 0.867. The van der Waals surface area contributed by atoms with Gasteiger partial charge in [-0.2, -0.15) is 0 Å². The van der Waals surface area contributed by atoms with E-state index in [1.165, 1.54) is 0 Å². The summed E-state index contributed by atoms with van der Waals surface area (Å²) < 4.78 is 0. The fourth-order valence-electron chi connectivity index (χ4n) is 2.29. The summed E-state index contributed by atoms with van der Waals surface area (Å²) in [5.74, 6) is 0.856. The maximum absolute atomic E-state index is 11.9. The van der Waals surface area contributed by atoms with Gasteiger partial charge in [-0.25, -0.2) is 0 Å². The predicted octanol–water partition coefficient (Wildman–Crippen LogP) is 3.90. The second-order valence-corrected chi connectivity index (χ2v) is 5.30. The summed E-state index contributed by atoms with van der Waals surface area (Å²) in [5, 5.41) is 9.77. The topological polar surface area (TPSA) is 37.3 Å². The van der Waals surface area contributed by atoms with Crippen molar-refractivity contribution < 1.29 is 9.90 Å². The summed E-state index contributed by atoms with van der Waals surface area (Å²) in [6.45, 7) is 4.11. The Morgan fingerprint density at radius 1 is 1.37 bits per heavy atom. The van der Waals surface area contributed by atoms with Crippen LogP contribution in [0.3, 0.4) is 0 Å². The first kappa shape index (κ1) is 13.6. The molecule has 0 saturated carbocycles. The maximum atomic E-state index is 11.9. The molecule has 100 valence electrons. The molecule has 2 nitrogen and oxygen atoms in total. The SMILES string of the molecule is CC(C)c1cc(CCC(=O)C2=CC=CC2)ccc1O. The molecule has 0 amide bonds. The van der Waals surface area contributed by atoms with Crippen molar-refractivity contribution >= 4 is 5.78 Å². The van der Waals surface area contributed by atoms with E-state index in [0.717, 1.165) is 29.5 Å². The Morgan fingerprint density at radius 3 is 2.79 bits per heavy atom. The van der Waals surface area contributed by atoms with E-state index in [1.807, 2.05) is 30.4 Å². The summed E-state index contributed by atoms with van der Waals surface area (Å²) in [5.41, 5.74) is 2.97. The number of benzene rings is 1. The molecule has 1 aliphatic rings. The van der Waals surface area contributed by atoms with Crippen molar-refractivity contribution in [3.63, 3.8) is 0 Å². The molecule has 0 atom stereocenters. The van der Waals surface area contributed by atoms with Crippen LogP contribution >= 0.6 is 0 Å². The van der Waals surface area contributed by atoms with Gasteiger partial charge in [-0.15, -0.1) is 0 Å². The Hall–Kier alpha value is -1.83. The van der Waals surface area contributed by atoms with Gasteiger partial charge >= 0.3 is 0 Å². The zero-order valence-corrected chi connectivity index (χ0v) is 11.5. The van der Waals surface area contributed by atoms with E-state index in [2.05, 4.69) is 13.8 Å². The van der Waals surface area contributed by atoms with E-state index in [4.69, 9.17) is 0 Å². The number of hydrogen-bond donors (Lipinski definition) is 1. The number of hydrogen-bond acceptors (Lipinski definition) is 2. The van der Waals surface area contributed by atoms with Gasteiger partial charge in [-0.1, -0.05) is 44.2 Å². The third-order valence-corrected chi connectivity index (χ3v) is 3.48. The molecule has 2 heteroatoms. The minimum atomic E-state index is 0.226. The second-order valence-electron chi connectivity index (χ2n) is 5.30. The lowest BCUT2D eigenvalue weighted by Crippen LogP contribution is -2.03. The van der Waals surface area contributed by atoms with Crippen LogP contribution in [0.5, 0.6) is 5.75 Å². The van der Waals surface area contributed by atoms with Crippen molar-refractivity contribution in [2.75, 3.05) is 0 Å². The van der Waals surface area contributed by atoms with Crippen molar-refractivity contribution in [1.82, 2.24) is 0 Å². The van der Waals surface area contributed by atoms with E-state index in [9.17, 15) is 9.90 Å². The molecule has 1 N–H and O–H groups in total. The summed E-state index contributed by atoms with van der Waals surface area (Å²) >= 11 is 0. The number of carbonyl (C=O) groups excluding carboxylic acids is 1. The van der Waals surface area contributed by atoms with Gasteiger partial charge in [0.15, 0.2) is 5.78 Å². The van der Waals surface area contributed by atoms with Crippen molar-refractivity contribution in [3.05, 3.63) is 53.1 Å². The Bertz CT molecular complexity index is 536. The first-order valence-electron chi connectivity index (χ1n) is 6.78. The number of rotatable bonds is 5. The molecular formula is C17H20O2. The molecule has 0 saturated heterocycles. The van der Waals surface area contributed by atoms with Crippen LogP contribution in [0.2, 0.25) is 0 Å². The Morgan fingerprint density at radius 2 is 2.16 bits per heavy atom. The molecule has 1 aromatic carbocycles. The van der Waals surface area contributed by atoms with E-state index in [0.29, 0.717) is 12.2 Å². The van der Waals surface area contributed by atoms with Crippen LogP contribution in [0.1, 0.15) is 43.7 Å². The summed E-state index contributed by atoms with van der Waals surface area (Å²) in [6.07, 6.45) is 7.88. The average molecular weight is 256 g/mol. The van der Waals surface area contributed by atoms with E-state index in [-0.39, 0.29) is 11.7 Å². The number of aromatic hydroxyl groups is 1. The van der Waals surface area contributed by atoms with Crippen LogP contribution in [0, 0.1) is 0 Å². The standard InChI is InChI=1S/C17H20O2/c1-12(2)15-11-13(8-10-17(15)19)7-9-16(18)14-5-3-4-6-14/h3-5,8,10-12,19H,6-7,9H2,1-2H3. The van der Waals surface area contributed by atoms with Gasteiger partial charge in [0.2, 0.25) is 0 Å². The summed E-state index contributed by atoms with van der Waals surface area (Å²) in [7, 11) is 0. The molecule has 2 rings (SSSR count). The molecule has 0 fully saturated rings. The van der Waals surface area contributed by atoms with Gasteiger partial charge in [0.25, 0.3) is 0 Å². The Labute approximate surface area is 114 Å². The first-order valence-corrected chi connectivity index (χ1v) is 6.78. The van der Waals surface area contributed by atoms with E-state index >= 15 is 0 Å². The highest BCUT2D eigenvalue weighted by Gasteiger charge is 2.11. The number of aryl methyl sites for hydroxylation is 1. The normalized spacial score (nSPS) is 13.9. The van der Waals surface area contributed by atoms with Gasteiger partial charge in [0.05, 0.1) is 0 Å². The van der Waals surface area contributed by atoms with E-state index < -0.39 is 0 Å². The fourth-order valence-corrected chi connectivity index (χ4v) is 2.29. The molecule has 0 heterocycles.